The molecule has 0 saturated carbocycles. The number of carbonyl (C=O) groups excluding carboxylic acids is 1. The number of carbonyl (C=O) groups is 2. The second kappa shape index (κ2) is 10.3. The molecule has 37 heavy (non-hydrogen) atoms. The summed E-state index contributed by atoms with van der Waals surface area (Å²) in [5.74, 6) is -2.13. The van der Waals surface area contributed by atoms with E-state index in [1.165, 1.54) is 43.5 Å². The molecule has 2 heterocycles. The SMILES string of the molecule is Cc1cc(C(F)(F)F)c(-c2ccc(C[C@H](NC(=O)c3c(Cl)cccc3Cl)C(=O)O)c3ncccc23)nn1. The summed E-state index contributed by atoms with van der Waals surface area (Å²) in [5, 5.41) is 20.2. The number of halogens is 5. The Balaban J connectivity index is 1.75. The Morgan fingerprint density at radius 2 is 1.76 bits per heavy atom. The summed E-state index contributed by atoms with van der Waals surface area (Å²) in [7, 11) is 0. The maximum Gasteiger partial charge on any atom is 0.418 e. The summed E-state index contributed by atoms with van der Waals surface area (Å²) >= 11 is 12.1. The number of carboxylic acids is 1. The predicted octanol–water partition coefficient (Wildman–Crippen LogP) is 5.75. The Kier molecular flexibility index (Phi) is 7.33. The third kappa shape index (κ3) is 5.50. The maximum absolute atomic E-state index is 13.8. The molecular weight excluding hydrogens is 532 g/mol. The van der Waals surface area contributed by atoms with Gasteiger partial charge in [0.1, 0.15) is 11.7 Å². The lowest BCUT2D eigenvalue weighted by Gasteiger charge is -2.18. The predicted molar refractivity (Wildman–Crippen MR) is 132 cm³/mol. The quantitative estimate of drug-likeness (QED) is 0.317. The zero-order valence-corrected chi connectivity index (χ0v) is 20.5. The van der Waals surface area contributed by atoms with Crippen molar-refractivity contribution in [3.63, 3.8) is 0 Å². The highest BCUT2D eigenvalue weighted by atomic mass is 35.5. The first-order valence-corrected chi connectivity index (χ1v) is 11.5. The van der Waals surface area contributed by atoms with Crippen LogP contribution in [0.3, 0.4) is 0 Å². The van der Waals surface area contributed by atoms with Crippen LogP contribution in [0.1, 0.15) is 27.2 Å². The molecule has 0 bridgehead atoms. The van der Waals surface area contributed by atoms with Crippen molar-refractivity contribution < 1.29 is 27.9 Å². The van der Waals surface area contributed by atoms with Crippen LogP contribution in [-0.4, -0.2) is 38.2 Å². The molecular formula is C25H17Cl2F3N4O3. The minimum atomic E-state index is -4.68. The second-order valence-corrected chi connectivity index (χ2v) is 8.90. The van der Waals surface area contributed by atoms with Gasteiger partial charge in [-0.3, -0.25) is 9.78 Å². The Morgan fingerprint density at radius 3 is 2.41 bits per heavy atom. The number of aliphatic carboxylic acids is 1. The van der Waals surface area contributed by atoms with Crippen LogP contribution in [0.5, 0.6) is 0 Å². The molecule has 1 amide bonds. The van der Waals surface area contributed by atoms with Gasteiger partial charge >= 0.3 is 12.1 Å². The van der Waals surface area contributed by atoms with Crippen molar-refractivity contribution in [1.82, 2.24) is 20.5 Å². The molecule has 4 rings (SSSR count). The Morgan fingerprint density at radius 1 is 1.05 bits per heavy atom. The number of hydrogen-bond acceptors (Lipinski definition) is 5. The molecule has 2 N–H and O–H groups in total. The zero-order valence-electron chi connectivity index (χ0n) is 19.0. The van der Waals surface area contributed by atoms with Gasteiger partial charge in [0, 0.05) is 23.6 Å². The fraction of sp³-hybridized carbons (Fsp3) is 0.160. The number of aromatic nitrogens is 3. The maximum atomic E-state index is 13.8. The molecule has 0 unspecified atom stereocenters. The number of alkyl halides is 3. The van der Waals surface area contributed by atoms with Crippen molar-refractivity contribution in [3.05, 3.63) is 87.2 Å². The number of fused-ring (bicyclic) bond motifs is 1. The van der Waals surface area contributed by atoms with Crippen molar-refractivity contribution >= 4 is 46.0 Å². The van der Waals surface area contributed by atoms with E-state index in [9.17, 15) is 27.9 Å². The minimum absolute atomic E-state index is 0.0466. The normalized spacial score (nSPS) is 12.4. The summed E-state index contributed by atoms with van der Waals surface area (Å²) < 4.78 is 41.3. The van der Waals surface area contributed by atoms with Gasteiger partial charge in [-0.1, -0.05) is 47.5 Å². The van der Waals surface area contributed by atoms with E-state index in [4.69, 9.17) is 23.2 Å². The van der Waals surface area contributed by atoms with Crippen LogP contribution in [0.2, 0.25) is 10.0 Å². The van der Waals surface area contributed by atoms with E-state index in [-0.39, 0.29) is 44.5 Å². The van der Waals surface area contributed by atoms with E-state index in [1.807, 2.05) is 0 Å². The van der Waals surface area contributed by atoms with Crippen LogP contribution >= 0.6 is 23.2 Å². The molecule has 1 atom stereocenters. The first-order valence-electron chi connectivity index (χ1n) is 10.7. The average molecular weight is 549 g/mol. The minimum Gasteiger partial charge on any atom is -0.480 e. The molecule has 7 nitrogen and oxygen atoms in total. The highest BCUT2D eigenvalue weighted by molar-refractivity contribution is 6.39. The number of nitrogens with zero attached hydrogens (tertiary/aromatic N) is 3. The van der Waals surface area contributed by atoms with Gasteiger partial charge in [-0.15, -0.1) is 5.10 Å². The Bertz CT molecular complexity index is 1510. The van der Waals surface area contributed by atoms with Crippen LogP contribution < -0.4 is 5.32 Å². The van der Waals surface area contributed by atoms with Crippen molar-refractivity contribution in [2.75, 3.05) is 0 Å². The monoisotopic (exact) mass is 548 g/mol. The number of hydrogen-bond donors (Lipinski definition) is 2. The van der Waals surface area contributed by atoms with E-state index in [1.54, 1.807) is 12.1 Å². The molecule has 0 aliphatic rings. The number of aryl methyl sites for hydroxylation is 1. The third-order valence-electron chi connectivity index (χ3n) is 5.55. The van der Waals surface area contributed by atoms with Gasteiger partial charge < -0.3 is 10.4 Å². The summed E-state index contributed by atoms with van der Waals surface area (Å²) in [6.07, 6.45) is -3.47. The van der Waals surface area contributed by atoms with Gasteiger partial charge in [-0.2, -0.15) is 18.3 Å². The number of nitrogens with one attached hydrogen (secondary N) is 1. The standard InChI is InChI=1S/C25H17Cl2F3N4O3/c1-12-10-16(25(28,29)30)22(34-33-12)15-8-7-13(21-14(15)4-3-9-31-21)11-19(24(36)37)32-23(35)20-17(26)5-2-6-18(20)27/h2-10,19H,11H2,1H3,(H,32,35)(H,36,37)/t19-/m0/s1. The smallest absolute Gasteiger partial charge is 0.418 e. The van der Waals surface area contributed by atoms with Gasteiger partial charge in [0.25, 0.3) is 5.91 Å². The van der Waals surface area contributed by atoms with E-state index < -0.39 is 29.7 Å². The largest absolute Gasteiger partial charge is 0.480 e. The summed E-state index contributed by atoms with van der Waals surface area (Å²) in [5.41, 5.74) is -0.533. The molecule has 4 aromatic rings. The van der Waals surface area contributed by atoms with E-state index >= 15 is 0 Å². The summed E-state index contributed by atoms with van der Waals surface area (Å²) in [6.45, 7) is 1.41. The molecule has 0 fully saturated rings. The molecule has 0 aliphatic heterocycles. The fourth-order valence-electron chi connectivity index (χ4n) is 3.87. The first kappa shape index (κ1) is 26.3. The summed E-state index contributed by atoms with van der Waals surface area (Å²) in [4.78, 5) is 29.1. The van der Waals surface area contributed by atoms with Gasteiger partial charge in [0.15, 0.2) is 0 Å². The molecule has 12 heteroatoms. The molecule has 0 radical (unpaired) electrons. The van der Waals surface area contributed by atoms with Crippen molar-refractivity contribution in [1.29, 1.82) is 0 Å². The lowest BCUT2D eigenvalue weighted by atomic mass is 9.95. The number of pyridine rings is 1. The van der Waals surface area contributed by atoms with Gasteiger partial charge in [0.05, 0.1) is 32.4 Å². The summed E-state index contributed by atoms with van der Waals surface area (Å²) in [6, 6.07) is 9.87. The van der Waals surface area contributed by atoms with E-state index in [0.717, 1.165) is 6.07 Å². The van der Waals surface area contributed by atoms with E-state index in [2.05, 4.69) is 20.5 Å². The zero-order chi connectivity index (χ0) is 26.9. The van der Waals surface area contributed by atoms with Crippen molar-refractivity contribution in [3.8, 4) is 11.3 Å². The molecule has 0 aliphatic carbocycles. The van der Waals surface area contributed by atoms with Gasteiger partial charge in [0.2, 0.25) is 0 Å². The topological polar surface area (TPSA) is 105 Å². The number of rotatable bonds is 6. The fourth-order valence-corrected chi connectivity index (χ4v) is 4.44. The van der Waals surface area contributed by atoms with Gasteiger partial charge in [-0.05, 0) is 36.8 Å². The first-order chi connectivity index (χ1) is 17.5. The molecule has 0 saturated heterocycles. The lowest BCUT2D eigenvalue weighted by molar-refractivity contribution is -0.139. The number of amides is 1. The van der Waals surface area contributed by atoms with Crippen LogP contribution in [0.4, 0.5) is 13.2 Å². The van der Waals surface area contributed by atoms with E-state index in [0.29, 0.717) is 10.9 Å². The molecule has 0 spiro atoms. The van der Waals surface area contributed by atoms with Crippen molar-refractivity contribution in [2.24, 2.45) is 0 Å². The third-order valence-corrected chi connectivity index (χ3v) is 6.18. The Labute approximate surface area is 218 Å². The Hall–Kier alpha value is -3.76. The van der Waals surface area contributed by atoms with Crippen LogP contribution in [0.25, 0.3) is 22.2 Å². The molecule has 2 aromatic heterocycles. The van der Waals surface area contributed by atoms with Gasteiger partial charge in [-0.25, -0.2) is 4.79 Å². The second-order valence-electron chi connectivity index (χ2n) is 8.08. The average Bonchev–Trinajstić information content (AvgIpc) is 2.83. The molecule has 190 valence electrons. The highest BCUT2D eigenvalue weighted by Gasteiger charge is 2.36. The highest BCUT2D eigenvalue weighted by Crippen LogP contribution is 2.38. The van der Waals surface area contributed by atoms with Crippen molar-refractivity contribution in [2.45, 2.75) is 25.6 Å². The van der Waals surface area contributed by atoms with Crippen LogP contribution in [0.15, 0.2) is 54.7 Å². The lowest BCUT2D eigenvalue weighted by Crippen LogP contribution is -2.42. The van der Waals surface area contributed by atoms with Crippen LogP contribution in [-0.2, 0) is 17.4 Å². The molecule has 2 aromatic carbocycles. The van der Waals surface area contributed by atoms with Crippen LogP contribution in [0, 0.1) is 6.92 Å². The number of benzene rings is 2. The number of carboxylic acid groups (broad SMARTS) is 1.